The van der Waals surface area contributed by atoms with Crippen LogP contribution in [0.5, 0.6) is 0 Å². The number of Topliss-reactive ketones (excluding diaryl/α,β-unsaturated/α-hetero) is 1. The molecule has 6 heteroatoms. The molecular formula is C23H42N2O4. The molecule has 0 radical (unpaired) electrons. The second kappa shape index (κ2) is 11.0. The lowest BCUT2D eigenvalue weighted by Gasteiger charge is -2.22. The van der Waals surface area contributed by atoms with Gasteiger partial charge in [-0.3, -0.25) is 14.4 Å². The molecule has 2 aliphatic rings. The van der Waals surface area contributed by atoms with Gasteiger partial charge in [0.25, 0.3) is 0 Å². The predicted octanol–water partition coefficient (Wildman–Crippen LogP) is 3.36. The fourth-order valence-electron chi connectivity index (χ4n) is 4.36. The number of aliphatic carboxylic acids is 1. The Balaban J connectivity index is 0.000000419. The molecule has 0 spiro atoms. The van der Waals surface area contributed by atoms with Crippen molar-refractivity contribution in [3.63, 3.8) is 0 Å². The van der Waals surface area contributed by atoms with E-state index in [1.807, 2.05) is 34.7 Å². The Morgan fingerprint density at radius 2 is 1.21 bits per heavy atom. The minimum absolute atomic E-state index is 0.0689. The largest absolute Gasteiger partial charge is 0.481 e. The van der Waals surface area contributed by atoms with Gasteiger partial charge in [-0.05, 0) is 58.7 Å². The number of carbonyl (C=O) groups is 3. The van der Waals surface area contributed by atoms with Crippen molar-refractivity contribution >= 4 is 17.5 Å². The van der Waals surface area contributed by atoms with E-state index < -0.39 is 5.97 Å². The van der Waals surface area contributed by atoms with E-state index in [0.29, 0.717) is 12.3 Å². The van der Waals surface area contributed by atoms with Gasteiger partial charge < -0.3 is 14.9 Å². The Labute approximate surface area is 177 Å². The first-order valence-corrected chi connectivity index (χ1v) is 10.3. The van der Waals surface area contributed by atoms with E-state index in [9.17, 15) is 14.4 Å². The molecule has 0 aromatic rings. The Bertz CT molecular complexity index is 578. The van der Waals surface area contributed by atoms with Crippen LogP contribution in [0.4, 0.5) is 0 Å². The lowest BCUT2D eigenvalue weighted by atomic mass is 9.80. The quantitative estimate of drug-likeness (QED) is 0.719. The van der Waals surface area contributed by atoms with Gasteiger partial charge in [-0.1, -0.05) is 33.3 Å². The molecule has 29 heavy (non-hydrogen) atoms. The van der Waals surface area contributed by atoms with Crippen molar-refractivity contribution in [2.24, 2.45) is 22.7 Å². The van der Waals surface area contributed by atoms with Crippen molar-refractivity contribution in [2.45, 2.75) is 55.4 Å². The zero-order chi connectivity index (χ0) is 23.2. The maximum absolute atomic E-state index is 11.2. The number of likely N-dealkylation sites (tertiary alicyclic amines) is 2. The number of ketones is 2. The summed E-state index contributed by atoms with van der Waals surface area (Å²) >= 11 is 0. The molecule has 6 nitrogen and oxygen atoms in total. The molecule has 0 saturated carbocycles. The summed E-state index contributed by atoms with van der Waals surface area (Å²) in [7, 11) is 4.04. The highest BCUT2D eigenvalue weighted by Gasteiger charge is 2.42. The molecular weight excluding hydrogens is 368 g/mol. The van der Waals surface area contributed by atoms with Gasteiger partial charge in [0, 0.05) is 32.1 Å². The van der Waals surface area contributed by atoms with Crippen molar-refractivity contribution in [1.82, 2.24) is 9.80 Å². The van der Waals surface area contributed by atoms with E-state index in [1.165, 1.54) is 0 Å². The van der Waals surface area contributed by atoms with Gasteiger partial charge in [-0.2, -0.15) is 0 Å². The second-order valence-electron chi connectivity index (χ2n) is 10.3. The van der Waals surface area contributed by atoms with Crippen LogP contribution in [0, 0.1) is 22.7 Å². The average molecular weight is 411 g/mol. The summed E-state index contributed by atoms with van der Waals surface area (Å²) in [4.78, 5) is 36.4. The van der Waals surface area contributed by atoms with Crippen molar-refractivity contribution in [2.75, 3.05) is 40.3 Å². The summed E-state index contributed by atoms with van der Waals surface area (Å²) in [5.41, 5.74) is 1.17. The maximum Gasteiger partial charge on any atom is 0.308 e. The second-order valence-corrected chi connectivity index (χ2v) is 10.3. The van der Waals surface area contributed by atoms with Crippen LogP contribution in [0.25, 0.3) is 0 Å². The Kier molecular flexibility index (Phi) is 10.4. The van der Waals surface area contributed by atoms with Crippen LogP contribution < -0.4 is 0 Å². The molecule has 0 amide bonds. The molecule has 2 heterocycles. The number of carboxylic acids is 1. The molecule has 2 fully saturated rings. The number of hydrogen-bond donors (Lipinski definition) is 1. The number of hydrogen-bond acceptors (Lipinski definition) is 5. The lowest BCUT2D eigenvalue weighted by Crippen LogP contribution is -2.28. The summed E-state index contributed by atoms with van der Waals surface area (Å²) in [5.74, 6) is -0.168. The van der Waals surface area contributed by atoms with Crippen LogP contribution in [0.2, 0.25) is 0 Å². The van der Waals surface area contributed by atoms with E-state index in [1.54, 1.807) is 19.9 Å². The Hall–Kier alpha value is -1.53. The first-order chi connectivity index (χ1) is 13.0. The number of rotatable bonds is 3. The van der Waals surface area contributed by atoms with Crippen molar-refractivity contribution in [3.8, 4) is 0 Å². The van der Waals surface area contributed by atoms with E-state index in [0.717, 1.165) is 25.2 Å². The van der Waals surface area contributed by atoms with E-state index >= 15 is 0 Å². The Morgan fingerprint density at radius 1 is 0.828 bits per heavy atom. The molecule has 168 valence electrons. The van der Waals surface area contributed by atoms with Crippen LogP contribution in [-0.4, -0.2) is 72.7 Å². The summed E-state index contributed by atoms with van der Waals surface area (Å²) in [5, 5.41) is 8.84. The normalized spacial score (nSPS) is 25.2. The minimum atomic E-state index is -0.667. The molecule has 2 aliphatic heterocycles. The summed E-state index contributed by atoms with van der Waals surface area (Å²) in [6, 6.07) is 0. The average Bonchev–Trinajstić information content (AvgIpc) is 2.92. The molecule has 0 bridgehead atoms. The van der Waals surface area contributed by atoms with Gasteiger partial charge in [-0.15, -0.1) is 0 Å². The number of carboxylic acid groups (broad SMARTS) is 1. The highest BCUT2D eigenvalue weighted by molar-refractivity contribution is 5.87. The van der Waals surface area contributed by atoms with Crippen LogP contribution in [0.3, 0.4) is 0 Å². The Morgan fingerprint density at radius 3 is 1.31 bits per heavy atom. The minimum Gasteiger partial charge on any atom is -0.481 e. The van der Waals surface area contributed by atoms with Crippen LogP contribution in [0.1, 0.15) is 55.4 Å². The van der Waals surface area contributed by atoms with E-state index in [4.69, 9.17) is 5.11 Å². The van der Waals surface area contributed by atoms with Gasteiger partial charge in [0.15, 0.2) is 5.78 Å². The number of carbonyl (C=O) groups excluding carboxylic acids is 2. The molecule has 1 N–H and O–H groups in total. The van der Waals surface area contributed by atoms with Crippen molar-refractivity contribution in [3.05, 3.63) is 11.6 Å². The molecule has 0 aliphatic carbocycles. The maximum atomic E-state index is 11.2. The highest BCUT2D eigenvalue weighted by Crippen LogP contribution is 2.35. The summed E-state index contributed by atoms with van der Waals surface area (Å²) in [6.07, 6.45) is 1.61. The van der Waals surface area contributed by atoms with Crippen LogP contribution >= 0.6 is 0 Å². The fraction of sp³-hybridized carbons (Fsp3) is 0.783. The standard InChI is InChI=1S/C9H17NO.C8H15NO2.C6H10O/c1-7(11)8-5-10(4)6-9(8,2)3;1-8(2)5-9(3)4-6(8)7(10)11;1-5(2)4-6(3)7/h8H,5-6H2,1-4H3;6H,4-5H2,1-3H3,(H,10,11);4H,1-3H3/t8-;6-;/m11./s1. The predicted molar refractivity (Wildman–Crippen MR) is 118 cm³/mol. The molecule has 0 unspecified atom stereocenters. The zero-order valence-corrected chi connectivity index (χ0v) is 20.1. The van der Waals surface area contributed by atoms with Crippen LogP contribution in [-0.2, 0) is 14.4 Å². The van der Waals surface area contributed by atoms with Crippen LogP contribution in [0.15, 0.2) is 11.6 Å². The molecule has 2 atom stereocenters. The lowest BCUT2D eigenvalue weighted by molar-refractivity contribution is -0.144. The van der Waals surface area contributed by atoms with Gasteiger partial charge in [0.05, 0.1) is 5.92 Å². The molecule has 2 rings (SSSR count). The SMILES string of the molecule is CC(=O)C=C(C)C.CC(=O)[C@H]1CN(C)CC1(C)C.CN1C[C@H](C(=O)O)C(C)(C)C1. The fourth-order valence-corrected chi connectivity index (χ4v) is 4.36. The first-order valence-electron chi connectivity index (χ1n) is 10.3. The molecule has 2 saturated heterocycles. The third-order valence-electron chi connectivity index (χ3n) is 5.51. The monoisotopic (exact) mass is 410 g/mol. The van der Waals surface area contributed by atoms with Crippen molar-refractivity contribution < 1.29 is 19.5 Å². The summed E-state index contributed by atoms with van der Waals surface area (Å²) in [6.45, 7) is 18.9. The topological polar surface area (TPSA) is 77.9 Å². The molecule has 0 aromatic carbocycles. The third-order valence-corrected chi connectivity index (χ3v) is 5.51. The summed E-state index contributed by atoms with van der Waals surface area (Å²) < 4.78 is 0. The van der Waals surface area contributed by atoms with Gasteiger partial charge in [0.1, 0.15) is 5.78 Å². The highest BCUT2D eigenvalue weighted by atomic mass is 16.4. The van der Waals surface area contributed by atoms with Gasteiger partial charge >= 0.3 is 5.97 Å². The third kappa shape index (κ3) is 9.68. The number of allylic oxidation sites excluding steroid dienone is 2. The van der Waals surface area contributed by atoms with E-state index in [-0.39, 0.29) is 28.4 Å². The zero-order valence-electron chi connectivity index (χ0n) is 20.1. The van der Waals surface area contributed by atoms with Crippen molar-refractivity contribution in [1.29, 1.82) is 0 Å². The smallest absolute Gasteiger partial charge is 0.308 e. The van der Waals surface area contributed by atoms with Gasteiger partial charge in [0.2, 0.25) is 0 Å². The van der Waals surface area contributed by atoms with Gasteiger partial charge in [-0.25, -0.2) is 0 Å². The van der Waals surface area contributed by atoms with E-state index in [2.05, 4.69) is 30.7 Å². The number of nitrogens with zero attached hydrogens (tertiary/aromatic N) is 2. The first kappa shape index (κ1) is 27.5. The molecule has 0 aromatic heterocycles.